The van der Waals surface area contributed by atoms with E-state index in [-0.39, 0.29) is 6.03 Å². The van der Waals surface area contributed by atoms with Crippen molar-refractivity contribution < 1.29 is 4.79 Å². The minimum atomic E-state index is -0.345. The second kappa shape index (κ2) is 8.60. The lowest BCUT2D eigenvalue weighted by atomic mass is 10.2. The highest BCUT2D eigenvalue weighted by Crippen LogP contribution is 2.22. The summed E-state index contributed by atoms with van der Waals surface area (Å²) in [5.74, 6) is 0.841. The van der Waals surface area contributed by atoms with Crippen LogP contribution in [-0.4, -0.2) is 68.7 Å². The van der Waals surface area contributed by atoms with Crippen LogP contribution in [0, 0.1) is 0 Å². The van der Waals surface area contributed by atoms with Gasteiger partial charge in [0.25, 0.3) is 0 Å². The summed E-state index contributed by atoms with van der Waals surface area (Å²) in [4.78, 5) is 34.1. The van der Waals surface area contributed by atoms with Crippen LogP contribution in [0.15, 0.2) is 61.3 Å². The average molecular weight is 429 g/mol. The molecule has 1 saturated heterocycles. The van der Waals surface area contributed by atoms with Gasteiger partial charge in [-0.3, -0.25) is 9.88 Å². The number of nitrogens with zero attached hydrogens (tertiary/aromatic N) is 7. The van der Waals surface area contributed by atoms with Crippen molar-refractivity contribution in [3.05, 3.63) is 61.3 Å². The average Bonchev–Trinajstić information content (AvgIpc) is 3.35. The Hall–Kier alpha value is -4.05. The number of imidazole rings is 1. The first-order valence-corrected chi connectivity index (χ1v) is 10.4. The molecule has 2 N–H and O–H groups in total. The van der Waals surface area contributed by atoms with E-state index in [1.807, 2.05) is 18.2 Å². The monoisotopic (exact) mass is 429 g/mol. The summed E-state index contributed by atoms with van der Waals surface area (Å²) in [7, 11) is 2.15. The lowest BCUT2D eigenvalue weighted by molar-refractivity contribution is 0.253. The van der Waals surface area contributed by atoms with Crippen molar-refractivity contribution >= 4 is 40.2 Å². The second-order valence-electron chi connectivity index (χ2n) is 7.67. The van der Waals surface area contributed by atoms with Crippen LogP contribution in [0.5, 0.6) is 0 Å². The highest BCUT2D eigenvalue weighted by molar-refractivity contribution is 5.91. The van der Waals surface area contributed by atoms with Crippen molar-refractivity contribution in [2.45, 2.75) is 0 Å². The van der Waals surface area contributed by atoms with Crippen molar-refractivity contribution in [1.82, 2.24) is 29.4 Å². The van der Waals surface area contributed by atoms with Crippen molar-refractivity contribution in [2.24, 2.45) is 0 Å². The number of likely N-dealkylation sites (N-methyl/N-ethyl adjacent to an activating group) is 1. The number of hydrogen-bond donors (Lipinski definition) is 2. The van der Waals surface area contributed by atoms with Gasteiger partial charge in [0, 0.05) is 61.5 Å². The molecular formula is C22H23N9O. The van der Waals surface area contributed by atoms with Crippen LogP contribution in [0.4, 0.5) is 27.9 Å². The molecule has 10 heteroatoms. The normalized spacial score (nSPS) is 14.5. The fourth-order valence-electron chi connectivity index (χ4n) is 3.54. The van der Waals surface area contributed by atoms with E-state index in [4.69, 9.17) is 0 Å². The first-order valence-electron chi connectivity index (χ1n) is 10.4. The third kappa shape index (κ3) is 4.35. The van der Waals surface area contributed by atoms with E-state index in [1.165, 1.54) is 22.8 Å². The van der Waals surface area contributed by atoms with E-state index >= 15 is 0 Å². The third-order valence-electron chi connectivity index (χ3n) is 5.41. The molecule has 5 rings (SSSR count). The summed E-state index contributed by atoms with van der Waals surface area (Å²) in [6, 6.07) is 11.5. The highest BCUT2D eigenvalue weighted by Gasteiger charge is 2.14. The third-order valence-corrected chi connectivity index (χ3v) is 5.41. The SMILES string of the molecule is CN1CCN(c2ccc(Nc3ncc4ccc(NC(=O)n5ccnc5)nc4n3)cc2)CC1. The van der Waals surface area contributed by atoms with Gasteiger partial charge in [-0.2, -0.15) is 4.98 Å². The van der Waals surface area contributed by atoms with Gasteiger partial charge in [-0.05, 0) is 43.4 Å². The maximum absolute atomic E-state index is 12.2. The van der Waals surface area contributed by atoms with Gasteiger partial charge >= 0.3 is 6.03 Å². The fraction of sp³-hybridized carbons (Fsp3) is 0.227. The number of nitrogens with one attached hydrogen (secondary N) is 2. The first kappa shape index (κ1) is 19.9. The standard InChI is InChI=1S/C22H23N9O/c1-29-10-12-30(13-11-29)18-5-3-17(4-6-18)25-21-24-14-16-2-7-19(26-20(16)28-21)27-22(32)31-9-8-23-15-31/h2-9,14-15H,10-13H2,1H3,(H2,24,25,26,27,28,32). The summed E-state index contributed by atoms with van der Waals surface area (Å²) >= 11 is 0. The Balaban J connectivity index is 1.29. The van der Waals surface area contributed by atoms with Gasteiger partial charge in [-0.1, -0.05) is 0 Å². The van der Waals surface area contributed by atoms with Gasteiger partial charge in [0.15, 0.2) is 5.65 Å². The molecule has 1 aliphatic rings. The number of carbonyl (C=O) groups is 1. The van der Waals surface area contributed by atoms with E-state index in [0.717, 1.165) is 37.3 Å². The number of rotatable bonds is 4. The summed E-state index contributed by atoms with van der Waals surface area (Å²) in [5, 5.41) is 6.74. The number of benzene rings is 1. The molecule has 0 aliphatic carbocycles. The lowest BCUT2D eigenvalue weighted by Gasteiger charge is -2.34. The molecule has 3 aromatic heterocycles. The molecule has 0 bridgehead atoms. The molecule has 0 saturated carbocycles. The molecular weight excluding hydrogens is 406 g/mol. The maximum atomic E-state index is 12.2. The van der Waals surface area contributed by atoms with E-state index < -0.39 is 0 Å². The van der Waals surface area contributed by atoms with Crippen LogP contribution in [0.3, 0.4) is 0 Å². The molecule has 4 heterocycles. The van der Waals surface area contributed by atoms with Gasteiger partial charge < -0.3 is 15.1 Å². The van der Waals surface area contributed by atoms with Gasteiger partial charge in [0.2, 0.25) is 5.95 Å². The molecule has 0 radical (unpaired) electrons. The summed E-state index contributed by atoms with van der Waals surface area (Å²) in [6.07, 6.45) is 6.24. The Morgan fingerprint density at radius 1 is 1.00 bits per heavy atom. The zero-order valence-electron chi connectivity index (χ0n) is 17.6. The van der Waals surface area contributed by atoms with Crippen LogP contribution in [-0.2, 0) is 0 Å². The van der Waals surface area contributed by atoms with Gasteiger partial charge in [0.1, 0.15) is 12.1 Å². The Labute approximate surface area is 184 Å². The summed E-state index contributed by atoms with van der Waals surface area (Å²) in [5.41, 5.74) is 2.59. The minimum absolute atomic E-state index is 0.345. The molecule has 162 valence electrons. The fourth-order valence-corrected chi connectivity index (χ4v) is 3.54. The topological polar surface area (TPSA) is 104 Å². The number of anilines is 4. The molecule has 4 aromatic rings. The summed E-state index contributed by atoms with van der Waals surface area (Å²) in [6.45, 7) is 4.20. The Kier molecular flexibility index (Phi) is 5.34. The van der Waals surface area contributed by atoms with Crippen LogP contribution in [0.1, 0.15) is 0 Å². The molecule has 0 unspecified atom stereocenters. The van der Waals surface area contributed by atoms with Crippen molar-refractivity contribution in [2.75, 3.05) is 48.8 Å². The molecule has 0 spiro atoms. The van der Waals surface area contributed by atoms with Crippen LogP contribution in [0.2, 0.25) is 0 Å². The molecule has 0 atom stereocenters. The lowest BCUT2D eigenvalue weighted by Crippen LogP contribution is -2.44. The number of carbonyl (C=O) groups excluding carboxylic acids is 1. The number of piperazine rings is 1. The molecule has 10 nitrogen and oxygen atoms in total. The zero-order chi connectivity index (χ0) is 21.9. The number of hydrogen-bond acceptors (Lipinski definition) is 8. The Bertz CT molecular complexity index is 1220. The maximum Gasteiger partial charge on any atom is 0.332 e. The van der Waals surface area contributed by atoms with Gasteiger partial charge in [-0.25, -0.2) is 19.7 Å². The molecule has 1 aliphatic heterocycles. The number of pyridine rings is 1. The Morgan fingerprint density at radius 3 is 2.56 bits per heavy atom. The van der Waals surface area contributed by atoms with Crippen LogP contribution in [0.25, 0.3) is 11.0 Å². The number of aromatic nitrogens is 5. The van der Waals surface area contributed by atoms with E-state index in [2.05, 4.69) is 59.5 Å². The van der Waals surface area contributed by atoms with E-state index in [0.29, 0.717) is 17.4 Å². The van der Waals surface area contributed by atoms with Gasteiger partial charge in [-0.15, -0.1) is 0 Å². The van der Waals surface area contributed by atoms with Gasteiger partial charge in [0.05, 0.1) is 0 Å². The predicted octanol–water partition coefficient (Wildman–Crippen LogP) is 2.80. The van der Waals surface area contributed by atoms with Crippen molar-refractivity contribution in [3.8, 4) is 0 Å². The largest absolute Gasteiger partial charge is 0.369 e. The quantitative estimate of drug-likeness (QED) is 0.510. The van der Waals surface area contributed by atoms with Crippen molar-refractivity contribution in [3.63, 3.8) is 0 Å². The second-order valence-corrected chi connectivity index (χ2v) is 7.67. The van der Waals surface area contributed by atoms with Crippen LogP contribution >= 0.6 is 0 Å². The molecule has 1 aromatic carbocycles. The van der Waals surface area contributed by atoms with Crippen molar-refractivity contribution in [1.29, 1.82) is 0 Å². The number of fused-ring (bicyclic) bond motifs is 1. The number of amides is 1. The van der Waals surface area contributed by atoms with Crippen LogP contribution < -0.4 is 15.5 Å². The smallest absolute Gasteiger partial charge is 0.332 e. The molecule has 32 heavy (non-hydrogen) atoms. The predicted molar refractivity (Wildman–Crippen MR) is 123 cm³/mol. The van der Waals surface area contributed by atoms with E-state index in [9.17, 15) is 4.79 Å². The summed E-state index contributed by atoms with van der Waals surface area (Å²) < 4.78 is 1.34. The minimum Gasteiger partial charge on any atom is -0.369 e. The molecule has 1 fully saturated rings. The molecule has 1 amide bonds. The first-order chi connectivity index (χ1) is 15.6. The highest BCUT2D eigenvalue weighted by atomic mass is 16.2. The van der Waals surface area contributed by atoms with E-state index in [1.54, 1.807) is 18.5 Å². The Morgan fingerprint density at radius 2 is 1.81 bits per heavy atom. The zero-order valence-corrected chi connectivity index (χ0v) is 17.6.